The van der Waals surface area contributed by atoms with E-state index in [-0.39, 0.29) is 0 Å². The maximum absolute atomic E-state index is 4.66. The average Bonchev–Trinajstić information content (AvgIpc) is 3.09. The van der Waals surface area contributed by atoms with Gasteiger partial charge >= 0.3 is 0 Å². The first-order chi connectivity index (χ1) is 14.9. The van der Waals surface area contributed by atoms with Gasteiger partial charge in [0.1, 0.15) is 0 Å². The molecule has 2 aromatic rings. The third-order valence-corrected chi connectivity index (χ3v) is 6.15. The number of aryl methyl sites for hydroxylation is 2. The van der Waals surface area contributed by atoms with Crippen molar-refractivity contribution in [3.8, 4) is 5.69 Å². The summed E-state index contributed by atoms with van der Waals surface area (Å²) in [5, 5.41) is 11.7. The Kier molecular flexibility index (Phi) is 8.09. The number of hydrogen-bond acceptors (Lipinski definition) is 4. The highest BCUT2D eigenvalue weighted by atomic mass is 15.3. The molecule has 0 aliphatic carbocycles. The SMILES string of the molecule is CN=C(NCc1ccccc1-n1nc(C)cc1C)NCC(C(C)C)N1CCN(C)CC1. The molecule has 2 N–H and O–H groups in total. The number of benzene rings is 1. The zero-order valence-corrected chi connectivity index (χ0v) is 20.0. The lowest BCUT2D eigenvalue weighted by atomic mass is 10.0. The first-order valence-electron chi connectivity index (χ1n) is 11.4. The van der Waals surface area contributed by atoms with Gasteiger partial charge in [0.15, 0.2) is 5.96 Å². The van der Waals surface area contributed by atoms with Crippen LogP contribution in [0.3, 0.4) is 0 Å². The Labute approximate surface area is 187 Å². The molecule has 0 spiro atoms. The fraction of sp³-hybridized carbons (Fsp3) is 0.583. The van der Waals surface area contributed by atoms with Gasteiger partial charge in [0.05, 0.1) is 11.4 Å². The van der Waals surface area contributed by atoms with Crippen molar-refractivity contribution in [2.75, 3.05) is 46.8 Å². The maximum Gasteiger partial charge on any atom is 0.191 e. The van der Waals surface area contributed by atoms with Crippen LogP contribution in [-0.4, -0.2) is 78.4 Å². The monoisotopic (exact) mass is 425 g/mol. The molecule has 1 saturated heterocycles. The zero-order valence-electron chi connectivity index (χ0n) is 20.0. The number of guanidine groups is 1. The normalized spacial score (nSPS) is 17.2. The van der Waals surface area contributed by atoms with Crippen molar-refractivity contribution in [2.45, 2.75) is 40.3 Å². The molecule has 1 fully saturated rings. The van der Waals surface area contributed by atoms with E-state index < -0.39 is 0 Å². The summed E-state index contributed by atoms with van der Waals surface area (Å²) in [6.07, 6.45) is 0. The van der Waals surface area contributed by atoms with Gasteiger partial charge < -0.3 is 15.5 Å². The standard InChI is InChI=1S/C24H39N7/c1-18(2)23(30-13-11-29(6)12-14-30)17-27-24(25-5)26-16-21-9-7-8-10-22(21)31-20(4)15-19(3)28-31/h7-10,15,18,23H,11-14,16-17H2,1-6H3,(H2,25,26,27). The lowest BCUT2D eigenvalue weighted by Crippen LogP contribution is -2.55. The third kappa shape index (κ3) is 6.08. The summed E-state index contributed by atoms with van der Waals surface area (Å²) in [5.41, 5.74) is 4.46. The van der Waals surface area contributed by atoms with Crippen molar-refractivity contribution in [1.82, 2.24) is 30.2 Å². The van der Waals surface area contributed by atoms with E-state index in [0.29, 0.717) is 18.5 Å². The summed E-state index contributed by atoms with van der Waals surface area (Å²) in [6.45, 7) is 14.9. The topological polar surface area (TPSA) is 60.7 Å². The number of piperazine rings is 1. The molecule has 0 saturated carbocycles. The average molecular weight is 426 g/mol. The van der Waals surface area contributed by atoms with E-state index in [4.69, 9.17) is 0 Å². The molecule has 7 nitrogen and oxygen atoms in total. The van der Waals surface area contributed by atoms with Crippen LogP contribution in [0.15, 0.2) is 35.3 Å². The number of aliphatic imine (C=N–C) groups is 1. The largest absolute Gasteiger partial charge is 0.355 e. The molecule has 1 aliphatic rings. The van der Waals surface area contributed by atoms with Gasteiger partial charge in [-0.2, -0.15) is 5.10 Å². The van der Waals surface area contributed by atoms with Crippen LogP contribution in [0, 0.1) is 19.8 Å². The van der Waals surface area contributed by atoms with Crippen molar-refractivity contribution in [3.05, 3.63) is 47.3 Å². The van der Waals surface area contributed by atoms with Crippen LogP contribution in [0.1, 0.15) is 30.8 Å². The van der Waals surface area contributed by atoms with Gasteiger partial charge in [-0.15, -0.1) is 0 Å². The molecule has 1 aromatic carbocycles. The highest BCUT2D eigenvalue weighted by Crippen LogP contribution is 2.17. The highest BCUT2D eigenvalue weighted by Gasteiger charge is 2.25. The smallest absolute Gasteiger partial charge is 0.191 e. The van der Waals surface area contributed by atoms with E-state index in [0.717, 1.165) is 55.8 Å². The predicted molar refractivity (Wildman–Crippen MR) is 129 cm³/mol. The molecule has 0 radical (unpaired) electrons. The molecular weight excluding hydrogens is 386 g/mol. The number of hydrogen-bond donors (Lipinski definition) is 2. The minimum atomic E-state index is 0.495. The number of para-hydroxylation sites is 1. The Morgan fingerprint density at radius 3 is 2.42 bits per heavy atom. The third-order valence-electron chi connectivity index (χ3n) is 6.15. The van der Waals surface area contributed by atoms with Crippen molar-refractivity contribution >= 4 is 5.96 Å². The Bertz CT molecular complexity index is 863. The van der Waals surface area contributed by atoms with Crippen molar-refractivity contribution in [3.63, 3.8) is 0 Å². The number of nitrogens with zero attached hydrogens (tertiary/aromatic N) is 5. The summed E-state index contributed by atoms with van der Waals surface area (Å²) in [5.74, 6) is 1.42. The lowest BCUT2D eigenvalue weighted by molar-refractivity contribution is 0.0900. The number of nitrogens with one attached hydrogen (secondary N) is 2. The molecule has 0 bridgehead atoms. The van der Waals surface area contributed by atoms with Gasteiger partial charge in [0.2, 0.25) is 0 Å². The Morgan fingerprint density at radius 1 is 1.10 bits per heavy atom. The van der Waals surface area contributed by atoms with E-state index in [1.807, 2.05) is 18.7 Å². The van der Waals surface area contributed by atoms with Crippen molar-refractivity contribution < 1.29 is 0 Å². The van der Waals surface area contributed by atoms with E-state index in [1.54, 1.807) is 0 Å². The first-order valence-corrected chi connectivity index (χ1v) is 11.4. The quantitative estimate of drug-likeness (QED) is 0.527. The van der Waals surface area contributed by atoms with E-state index in [1.165, 1.54) is 5.56 Å². The first kappa shape index (κ1) is 23.3. The lowest BCUT2D eigenvalue weighted by Gasteiger charge is -2.40. The summed E-state index contributed by atoms with van der Waals surface area (Å²) >= 11 is 0. The molecule has 0 amide bonds. The number of rotatable bonds is 7. The van der Waals surface area contributed by atoms with Gasteiger partial charge in [-0.1, -0.05) is 32.0 Å². The fourth-order valence-electron chi connectivity index (χ4n) is 4.28. The van der Waals surface area contributed by atoms with Crippen LogP contribution in [0.25, 0.3) is 5.69 Å². The van der Waals surface area contributed by atoms with Crippen LogP contribution in [0.2, 0.25) is 0 Å². The Hall–Kier alpha value is -2.38. The molecule has 1 atom stereocenters. The Balaban J connectivity index is 1.62. The Morgan fingerprint density at radius 2 is 1.81 bits per heavy atom. The summed E-state index contributed by atoms with van der Waals surface area (Å²) < 4.78 is 2.02. The van der Waals surface area contributed by atoms with Gasteiger partial charge in [0, 0.05) is 58.1 Å². The predicted octanol–water partition coefficient (Wildman–Crippen LogP) is 2.43. The number of aromatic nitrogens is 2. The summed E-state index contributed by atoms with van der Waals surface area (Å²) in [6, 6.07) is 11.0. The van der Waals surface area contributed by atoms with E-state index in [9.17, 15) is 0 Å². The molecule has 7 heteroatoms. The minimum Gasteiger partial charge on any atom is -0.355 e. The van der Waals surface area contributed by atoms with Crippen LogP contribution in [0.5, 0.6) is 0 Å². The van der Waals surface area contributed by atoms with Gasteiger partial charge in [-0.05, 0) is 44.5 Å². The van der Waals surface area contributed by atoms with Crippen molar-refractivity contribution in [2.24, 2.45) is 10.9 Å². The fourth-order valence-corrected chi connectivity index (χ4v) is 4.28. The van der Waals surface area contributed by atoms with Crippen LogP contribution >= 0.6 is 0 Å². The van der Waals surface area contributed by atoms with Gasteiger partial charge in [-0.3, -0.25) is 9.89 Å². The van der Waals surface area contributed by atoms with Crippen molar-refractivity contribution in [1.29, 1.82) is 0 Å². The van der Waals surface area contributed by atoms with Gasteiger partial charge in [-0.25, -0.2) is 4.68 Å². The summed E-state index contributed by atoms with van der Waals surface area (Å²) in [4.78, 5) is 9.48. The molecule has 170 valence electrons. The second-order valence-corrected chi connectivity index (χ2v) is 8.92. The van der Waals surface area contributed by atoms with E-state index >= 15 is 0 Å². The molecule has 3 rings (SSSR count). The van der Waals surface area contributed by atoms with Gasteiger partial charge in [0.25, 0.3) is 0 Å². The highest BCUT2D eigenvalue weighted by molar-refractivity contribution is 5.79. The molecule has 2 heterocycles. The molecular formula is C24H39N7. The molecule has 1 aromatic heterocycles. The zero-order chi connectivity index (χ0) is 22.4. The molecule has 31 heavy (non-hydrogen) atoms. The molecule has 1 unspecified atom stereocenters. The minimum absolute atomic E-state index is 0.495. The van der Waals surface area contributed by atoms with Crippen LogP contribution in [0.4, 0.5) is 0 Å². The van der Waals surface area contributed by atoms with E-state index in [2.05, 4.69) is 88.7 Å². The molecule has 1 aliphatic heterocycles. The second kappa shape index (κ2) is 10.8. The number of likely N-dealkylation sites (N-methyl/N-ethyl adjacent to an activating group) is 1. The second-order valence-electron chi connectivity index (χ2n) is 8.92. The maximum atomic E-state index is 4.66. The summed E-state index contributed by atoms with van der Waals surface area (Å²) in [7, 11) is 4.04. The van der Waals surface area contributed by atoms with Crippen LogP contribution in [-0.2, 0) is 6.54 Å². The van der Waals surface area contributed by atoms with Crippen LogP contribution < -0.4 is 10.6 Å².